The number of hydrogen-bond acceptors (Lipinski definition) is 6. The van der Waals surface area contributed by atoms with Gasteiger partial charge in [0.1, 0.15) is 5.92 Å². The molecule has 0 saturated carbocycles. The second-order valence-electron chi connectivity index (χ2n) is 2.96. The number of nitrogens with zero attached hydrogens (tertiary/aromatic N) is 2. The summed E-state index contributed by atoms with van der Waals surface area (Å²) in [5.41, 5.74) is 0. The van der Waals surface area contributed by atoms with Crippen molar-refractivity contribution < 1.29 is 14.1 Å². The van der Waals surface area contributed by atoms with Crippen LogP contribution in [0.25, 0.3) is 0 Å². The van der Waals surface area contributed by atoms with Crippen LogP contribution in [0.3, 0.4) is 0 Å². The van der Waals surface area contributed by atoms with E-state index in [2.05, 4.69) is 10.1 Å². The number of esters is 1. The molecule has 0 radical (unpaired) electrons. The van der Waals surface area contributed by atoms with Gasteiger partial charge < -0.3 is 9.26 Å². The molecule has 1 aromatic rings. The molecule has 1 heterocycles. The highest BCUT2D eigenvalue weighted by molar-refractivity contribution is 7.97. The smallest absolute Gasteiger partial charge is 0.318 e. The van der Waals surface area contributed by atoms with Gasteiger partial charge in [0.2, 0.25) is 5.89 Å². The van der Waals surface area contributed by atoms with E-state index in [-0.39, 0.29) is 5.97 Å². The quantitative estimate of drug-likeness (QED) is 0.716. The zero-order valence-electron chi connectivity index (χ0n) is 9.02. The standard InChI is InChI=1S/C9H14N2O3S/c1-4-13-9(12)6(2)8-10-7(5-15-3)11-14-8/h6H,4-5H2,1-3H3. The lowest BCUT2D eigenvalue weighted by Crippen LogP contribution is -2.13. The van der Waals surface area contributed by atoms with Gasteiger partial charge in [-0.3, -0.25) is 4.79 Å². The van der Waals surface area contributed by atoms with Gasteiger partial charge in [-0.25, -0.2) is 0 Å². The third-order valence-electron chi connectivity index (χ3n) is 1.77. The second kappa shape index (κ2) is 5.75. The molecule has 0 aliphatic carbocycles. The van der Waals surface area contributed by atoms with Gasteiger partial charge in [-0.05, 0) is 20.1 Å². The lowest BCUT2D eigenvalue weighted by Gasteiger charge is -2.04. The van der Waals surface area contributed by atoms with Crippen molar-refractivity contribution in [2.45, 2.75) is 25.5 Å². The molecular weight excluding hydrogens is 216 g/mol. The van der Waals surface area contributed by atoms with Crippen LogP contribution in [0.5, 0.6) is 0 Å². The Bertz CT molecular complexity index is 327. The fourth-order valence-corrected chi connectivity index (χ4v) is 1.37. The minimum Gasteiger partial charge on any atom is -0.465 e. The third kappa shape index (κ3) is 3.23. The van der Waals surface area contributed by atoms with Crippen molar-refractivity contribution >= 4 is 17.7 Å². The maximum Gasteiger partial charge on any atom is 0.318 e. The SMILES string of the molecule is CCOC(=O)C(C)c1nc(CSC)no1. The monoisotopic (exact) mass is 230 g/mol. The van der Waals surface area contributed by atoms with Crippen molar-refractivity contribution in [3.63, 3.8) is 0 Å². The van der Waals surface area contributed by atoms with E-state index in [1.165, 1.54) is 0 Å². The van der Waals surface area contributed by atoms with E-state index in [4.69, 9.17) is 9.26 Å². The van der Waals surface area contributed by atoms with Crippen LogP contribution in [0.2, 0.25) is 0 Å². The summed E-state index contributed by atoms with van der Waals surface area (Å²) in [4.78, 5) is 15.5. The predicted octanol–water partition coefficient (Wildman–Crippen LogP) is 1.60. The molecular formula is C9H14N2O3S. The number of rotatable bonds is 5. The van der Waals surface area contributed by atoms with Crippen LogP contribution in [0.4, 0.5) is 0 Å². The average Bonchev–Trinajstić information content (AvgIpc) is 2.66. The maximum atomic E-state index is 11.4. The van der Waals surface area contributed by atoms with Gasteiger partial charge in [-0.15, -0.1) is 0 Å². The molecule has 0 aromatic carbocycles. The van der Waals surface area contributed by atoms with E-state index in [0.717, 1.165) is 0 Å². The number of aromatic nitrogens is 2. The van der Waals surface area contributed by atoms with Crippen molar-refractivity contribution in [1.82, 2.24) is 10.1 Å². The highest BCUT2D eigenvalue weighted by Gasteiger charge is 2.22. The Morgan fingerprint density at radius 3 is 3.00 bits per heavy atom. The van der Waals surface area contributed by atoms with Crippen LogP contribution in [0.15, 0.2) is 4.52 Å². The van der Waals surface area contributed by atoms with Crippen LogP contribution in [-0.2, 0) is 15.3 Å². The van der Waals surface area contributed by atoms with Crippen LogP contribution >= 0.6 is 11.8 Å². The summed E-state index contributed by atoms with van der Waals surface area (Å²) < 4.78 is 9.83. The fourth-order valence-electron chi connectivity index (χ4n) is 0.999. The highest BCUT2D eigenvalue weighted by atomic mass is 32.2. The molecule has 5 nitrogen and oxygen atoms in total. The lowest BCUT2D eigenvalue weighted by molar-refractivity contribution is -0.145. The van der Waals surface area contributed by atoms with Crippen LogP contribution in [-0.4, -0.2) is 29.0 Å². The lowest BCUT2D eigenvalue weighted by atomic mass is 10.2. The molecule has 0 bridgehead atoms. The number of thioether (sulfide) groups is 1. The Morgan fingerprint density at radius 1 is 1.67 bits per heavy atom. The molecule has 1 aromatic heterocycles. The fraction of sp³-hybridized carbons (Fsp3) is 0.667. The average molecular weight is 230 g/mol. The summed E-state index contributed by atoms with van der Waals surface area (Å²) in [7, 11) is 0. The highest BCUT2D eigenvalue weighted by Crippen LogP contribution is 2.15. The van der Waals surface area contributed by atoms with E-state index < -0.39 is 5.92 Å². The van der Waals surface area contributed by atoms with Crippen molar-refractivity contribution in [3.05, 3.63) is 11.7 Å². The summed E-state index contributed by atoms with van der Waals surface area (Å²) in [5, 5.41) is 3.75. The summed E-state index contributed by atoms with van der Waals surface area (Å²) in [6.07, 6.45) is 1.95. The molecule has 1 rings (SSSR count). The zero-order chi connectivity index (χ0) is 11.3. The Labute approximate surface area is 92.6 Å². The normalized spacial score (nSPS) is 12.5. The van der Waals surface area contributed by atoms with Crippen molar-refractivity contribution in [3.8, 4) is 0 Å². The number of carbonyl (C=O) groups excluding carboxylic acids is 1. The Morgan fingerprint density at radius 2 is 2.40 bits per heavy atom. The molecule has 0 saturated heterocycles. The van der Waals surface area contributed by atoms with E-state index in [9.17, 15) is 4.79 Å². The molecule has 0 spiro atoms. The van der Waals surface area contributed by atoms with Gasteiger partial charge in [0.05, 0.1) is 12.4 Å². The minimum absolute atomic E-state index is 0.317. The van der Waals surface area contributed by atoms with E-state index in [0.29, 0.717) is 24.1 Å². The molecule has 1 atom stereocenters. The molecule has 0 fully saturated rings. The van der Waals surface area contributed by atoms with E-state index >= 15 is 0 Å². The summed E-state index contributed by atoms with van der Waals surface area (Å²) >= 11 is 1.60. The Hall–Kier alpha value is -1.04. The molecule has 0 amide bonds. The first kappa shape index (κ1) is 12.0. The molecule has 15 heavy (non-hydrogen) atoms. The Balaban J connectivity index is 2.64. The van der Waals surface area contributed by atoms with Gasteiger partial charge in [-0.2, -0.15) is 16.7 Å². The zero-order valence-corrected chi connectivity index (χ0v) is 9.84. The third-order valence-corrected chi connectivity index (χ3v) is 2.31. The van der Waals surface area contributed by atoms with E-state index in [1.54, 1.807) is 25.6 Å². The molecule has 1 unspecified atom stereocenters. The Kier molecular flexibility index (Phi) is 4.61. The predicted molar refractivity (Wildman–Crippen MR) is 56.6 cm³/mol. The van der Waals surface area contributed by atoms with Crippen molar-refractivity contribution in [2.24, 2.45) is 0 Å². The molecule has 0 aliphatic heterocycles. The summed E-state index contributed by atoms with van der Waals surface area (Å²) in [6.45, 7) is 3.81. The number of ether oxygens (including phenoxy) is 1. The second-order valence-corrected chi connectivity index (χ2v) is 3.82. The van der Waals surface area contributed by atoms with Crippen LogP contribution in [0, 0.1) is 0 Å². The number of carbonyl (C=O) groups is 1. The minimum atomic E-state index is -0.493. The van der Waals surface area contributed by atoms with E-state index in [1.807, 2.05) is 6.26 Å². The first-order valence-electron chi connectivity index (χ1n) is 4.67. The van der Waals surface area contributed by atoms with Crippen molar-refractivity contribution in [1.29, 1.82) is 0 Å². The van der Waals surface area contributed by atoms with Crippen LogP contribution < -0.4 is 0 Å². The van der Waals surface area contributed by atoms with Gasteiger partial charge >= 0.3 is 5.97 Å². The molecule has 6 heteroatoms. The van der Waals surface area contributed by atoms with Gasteiger partial charge in [0.25, 0.3) is 0 Å². The van der Waals surface area contributed by atoms with Crippen LogP contribution in [0.1, 0.15) is 31.5 Å². The van der Waals surface area contributed by atoms with Crippen molar-refractivity contribution in [2.75, 3.05) is 12.9 Å². The van der Waals surface area contributed by atoms with Gasteiger partial charge in [0, 0.05) is 0 Å². The molecule has 84 valence electrons. The van der Waals surface area contributed by atoms with Gasteiger partial charge in [0.15, 0.2) is 5.82 Å². The largest absolute Gasteiger partial charge is 0.465 e. The topological polar surface area (TPSA) is 65.2 Å². The van der Waals surface area contributed by atoms with Gasteiger partial charge in [-0.1, -0.05) is 5.16 Å². The molecule has 0 aliphatic rings. The summed E-state index contributed by atoms with van der Waals surface area (Å²) in [6, 6.07) is 0. The molecule has 0 N–H and O–H groups in total. The first-order valence-corrected chi connectivity index (χ1v) is 6.06. The first-order chi connectivity index (χ1) is 7.19. The summed E-state index contributed by atoms with van der Waals surface area (Å²) in [5.74, 6) is 0.773. The maximum absolute atomic E-state index is 11.4. The number of hydrogen-bond donors (Lipinski definition) is 0.